The summed E-state index contributed by atoms with van der Waals surface area (Å²) >= 11 is 0. The lowest BCUT2D eigenvalue weighted by atomic mass is 10.1. The maximum absolute atomic E-state index is 13.2. The van der Waals surface area contributed by atoms with Gasteiger partial charge in [0.05, 0.1) is 12.9 Å². The molecule has 256 valence electrons. The van der Waals surface area contributed by atoms with Gasteiger partial charge in [0.25, 0.3) is 0 Å². The van der Waals surface area contributed by atoms with E-state index in [0.29, 0.717) is 0 Å². The van der Waals surface area contributed by atoms with E-state index in [2.05, 4.69) is 19.9 Å². The number of esters is 1. The number of aromatic nitrogens is 6. The Morgan fingerprint density at radius 3 is 2.60 bits per heavy atom. The van der Waals surface area contributed by atoms with Crippen molar-refractivity contribution in [1.29, 1.82) is 0 Å². The van der Waals surface area contributed by atoms with Crippen LogP contribution in [0.1, 0.15) is 25.3 Å². The average molecular weight is 706 g/mol. The van der Waals surface area contributed by atoms with Crippen molar-refractivity contribution in [2.45, 2.75) is 61.4 Å². The van der Waals surface area contributed by atoms with E-state index in [1.807, 2.05) is 0 Å². The third kappa shape index (κ3) is 6.66. The van der Waals surface area contributed by atoms with Gasteiger partial charge < -0.3 is 50.6 Å². The predicted octanol–water partition coefficient (Wildman–Crippen LogP) is -2.55. The zero-order valence-corrected chi connectivity index (χ0v) is 25.5. The summed E-state index contributed by atoms with van der Waals surface area (Å²) in [7, 11) is -10.2. The third-order valence-electron chi connectivity index (χ3n) is 7.66. The Labute approximate surface area is 261 Å². The number of hydrogen-bond acceptors (Lipinski definition) is 18. The number of ether oxygens (including phenoxy) is 3. The van der Waals surface area contributed by atoms with Crippen LogP contribution in [0.3, 0.4) is 0 Å². The van der Waals surface area contributed by atoms with Gasteiger partial charge >= 0.3 is 27.3 Å². The van der Waals surface area contributed by atoms with Crippen LogP contribution in [0.5, 0.6) is 0 Å². The van der Waals surface area contributed by atoms with E-state index in [1.165, 1.54) is 23.2 Å². The molecule has 47 heavy (non-hydrogen) atoms. The number of carbonyl (C=O) groups is 1. The summed E-state index contributed by atoms with van der Waals surface area (Å²) in [5.41, 5.74) is 9.15. The Kier molecular flexibility index (Phi) is 8.70. The molecular weight excluding hydrogens is 678 g/mol. The minimum absolute atomic E-state index is 0.0280. The second kappa shape index (κ2) is 12.2. The number of phosphoric ester groups is 2. The normalized spacial score (nSPS) is 31.7. The largest absolute Gasteiger partial charge is 0.472 e. The number of phosphoric acid groups is 2. The predicted molar refractivity (Wildman–Crippen MR) is 149 cm³/mol. The number of nitrogen functional groups attached to an aromatic ring is 2. The van der Waals surface area contributed by atoms with Crippen molar-refractivity contribution in [1.82, 2.24) is 29.1 Å². The molecule has 9 atom stereocenters. The molecular formula is C22H28N8O15P2. The van der Waals surface area contributed by atoms with Gasteiger partial charge in [0.1, 0.15) is 60.5 Å². The molecule has 0 radical (unpaired) electrons. The van der Waals surface area contributed by atoms with Crippen LogP contribution >= 0.6 is 15.6 Å². The van der Waals surface area contributed by atoms with Gasteiger partial charge in [0.15, 0.2) is 23.8 Å². The Hall–Kier alpha value is -3.44. The Balaban J connectivity index is 1.20. The topological polar surface area (TPSA) is 338 Å². The first kappa shape index (κ1) is 33.5. The fraction of sp³-hybridized carbons (Fsp3) is 0.545. The summed E-state index contributed by atoms with van der Waals surface area (Å²) in [6, 6.07) is 1.29. The van der Waals surface area contributed by atoms with E-state index < -0.39 is 89.1 Å². The Morgan fingerprint density at radius 1 is 1.13 bits per heavy atom. The van der Waals surface area contributed by atoms with Crippen molar-refractivity contribution < 1.29 is 66.6 Å². The van der Waals surface area contributed by atoms with E-state index in [-0.39, 0.29) is 35.6 Å². The van der Waals surface area contributed by atoms with Crippen molar-refractivity contribution in [3.05, 3.63) is 35.4 Å². The fourth-order valence-electron chi connectivity index (χ4n) is 5.53. The van der Waals surface area contributed by atoms with Gasteiger partial charge in [-0.05, 0) is 6.07 Å². The first-order chi connectivity index (χ1) is 22.1. The number of aliphatic hydroxyl groups excluding tert-OH is 2. The van der Waals surface area contributed by atoms with Gasteiger partial charge in [-0.1, -0.05) is 0 Å². The summed E-state index contributed by atoms with van der Waals surface area (Å²) in [6.07, 6.45) is -6.72. The smallest absolute Gasteiger partial charge is 0.455 e. The molecule has 1 saturated carbocycles. The summed E-state index contributed by atoms with van der Waals surface area (Å²) in [4.78, 5) is 69.3. The average Bonchev–Trinajstić information content (AvgIpc) is 3.23. The number of fused-ring (bicyclic) bond motifs is 1. The molecule has 9 N–H and O–H groups in total. The molecule has 25 heteroatoms. The maximum atomic E-state index is 13.2. The molecule has 2 saturated heterocycles. The molecule has 0 aromatic carbocycles. The molecule has 2 aliphatic heterocycles. The van der Waals surface area contributed by atoms with E-state index >= 15 is 0 Å². The minimum atomic E-state index is -5.12. The highest BCUT2D eigenvalue weighted by Gasteiger charge is 2.70. The van der Waals surface area contributed by atoms with Crippen LogP contribution < -0.4 is 17.2 Å². The van der Waals surface area contributed by atoms with E-state index in [9.17, 15) is 43.6 Å². The lowest BCUT2D eigenvalue weighted by molar-refractivity contribution is -0.159. The maximum Gasteiger partial charge on any atom is 0.472 e. The monoisotopic (exact) mass is 706 g/mol. The number of nitrogens with two attached hydrogens (primary N) is 2. The summed E-state index contributed by atoms with van der Waals surface area (Å²) in [5, 5.41) is 20.2. The number of imidazole rings is 1. The van der Waals surface area contributed by atoms with Crippen molar-refractivity contribution in [2.75, 3.05) is 24.7 Å². The number of nitrogens with zero attached hydrogens (tertiary/aromatic N) is 6. The second-order valence-electron chi connectivity index (χ2n) is 10.7. The molecule has 3 unspecified atom stereocenters. The minimum Gasteiger partial charge on any atom is -0.455 e. The fourth-order valence-corrected chi connectivity index (χ4v) is 7.09. The second-order valence-corrected chi connectivity index (χ2v) is 13.3. The van der Waals surface area contributed by atoms with Crippen LogP contribution in [0.25, 0.3) is 11.2 Å². The van der Waals surface area contributed by atoms with Crippen molar-refractivity contribution in [2.24, 2.45) is 0 Å². The number of anilines is 2. The van der Waals surface area contributed by atoms with Crippen LogP contribution in [0, 0.1) is 0 Å². The number of rotatable bonds is 11. The summed E-state index contributed by atoms with van der Waals surface area (Å²) in [6.45, 7) is -1.89. The molecule has 3 aliphatic rings. The zero-order valence-electron chi connectivity index (χ0n) is 23.7. The molecule has 3 aromatic rings. The van der Waals surface area contributed by atoms with Crippen LogP contribution in [-0.2, 0) is 41.7 Å². The van der Waals surface area contributed by atoms with Gasteiger partial charge in [-0.3, -0.25) is 22.7 Å². The first-order valence-corrected chi connectivity index (χ1v) is 16.6. The Bertz CT molecular complexity index is 1840. The van der Waals surface area contributed by atoms with Gasteiger partial charge in [-0.25, -0.2) is 33.7 Å². The van der Waals surface area contributed by atoms with E-state index in [4.69, 9.17) is 39.2 Å². The standard InChI is InChI=1S/C22H28N8O15P2/c23-12-1-2-29(21(34)28-12)13-3-10(22(43-13)4-11(22)44-46(35,36)37)45-47(38,39)40-6-9-17(42-14(32)5-31)16(33)20(41-9)30-8-27-15-18(24)25-7-26-19(15)30/h1-2,7-11,13,16-17,20,31,33H,3-6H2,(H,38,39)(H2,23,28,34)(H2,24,25,26)(H2,35,36,37)/t9-,10+,11?,13-,16-,17-,20-,22?/m1/s1. The van der Waals surface area contributed by atoms with Gasteiger partial charge in [-0.15, -0.1) is 0 Å². The molecule has 0 bridgehead atoms. The lowest BCUT2D eigenvalue weighted by Gasteiger charge is -2.24. The van der Waals surface area contributed by atoms with Gasteiger partial charge in [0, 0.05) is 19.0 Å². The molecule has 1 aliphatic carbocycles. The molecule has 3 fully saturated rings. The van der Waals surface area contributed by atoms with Crippen LogP contribution in [0.4, 0.5) is 11.6 Å². The lowest BCUT2D eigenvalue weighted by Crippen LogP contribution is -2.39. The SMILES string of the molecule is Nc1ccn([C@H]2C[C@H](OP(=O)(O)OC[C@H]3O[C@@H](n4cnc5c(N)ncnc54)[C@H](O)[C@@H]3OC(=O)CO)C3(CC3OP(=O)(O)O)O2)c(=O)n1. The van der Waals surface area contributed by atoms with Crippen LogP contribution in [0.15, 0.2) is 29.7 Å². The van der Waals surface area contributed by atoms with Crippen LogP contribution in [-0.4, -0.2) is 109 Å². The quantitative estimate of drug-likeness (QED) is 0.0797. The third-order valence-corrected chi connectivity index (χ3v) is 9.19. The highest BCUT2D eigenvalue weighted by molar-refractivity contribution is 7.47. The summed E-state index contributed by atoms with van der Waals surface area (Å²) in [5.74, 6) is -1.21. The first-order valence-electron chi connectivity index (χ1n) is 13.6. The number of aliphatic hydroxyl groups is 2. The Morgan fingerprint density at radius 2 is 1.89 bits per heavy atom. The van der Waals surface area contributed by atoms with E-state index in [1.54, 1.807) is 0 Å². The van der Waals surface area contributed by atoms with Gasteiger partial charge in [-0.2, -0.15) is 4.98 Å². The van der Waals surface area contributed by atoms with Crippen molar-refractivity contribution in [3.8, 4) is 0 Å². The number of hydrogen-bond donors (Lipinski definition) is 7. The highest BCUT2D eigenvalue weighted by atomic mass is 31.2. The molecule has 0 amide bonds. The number of carbonyl (C=O) groups excluding carboxylic acids is 1. The van der Waals surface area contributed by atoms with Crippen LogP contribution in [0.2, 0.25) is 0 Å². The highest BCUT2D eigenvalue weighted by Crippen LogP contribution is 2.62. The molecule has 1 spiro atoms. The van der Waals surface area contributed by atoms with Crippen molar-refractivity contribution >= 4 is 44.4 Å². The summed E-state index contributed by atoms with van der Waals surface area (Å²) < 4.78 is 59.2. The zero-order chi connectivity index (χ0) is 33.9. The molecule has 5 heterocycles. The molecule has 3 aromatic heterocycles. The van der Waals surface area contributed by atoms with Crippen molar-refractivity contribution in [3.63, 3.8) is 0 Å². The molecule has 23 nitrogen and oxygen atoms in total. The van der Waals surface area contributed by atoms with E-state index in [0.717, 1.165) is 10.9 Å². The van der Waals surface area contributed by atoms with Gasteiger partial charge in [0.2, 0.25) is 0 Å². The molecule has 6 rings (SSSR count).